The molecule has 2 unspecified atom stereocenters. The zero-order valence-corrected chi connectivity index (χ0v) is 21.2. The van der Waals surface area contributed by atoms with Crippen molar-refractivity contribution < 1.29 is 47.1 Å². The highest BCUT2D eigenvalue weighted by molar-refractivity contribution is 7.47. The van der Waals surface area contributed by atoms with Gasteiger partial charge in [0, 0.05) is 29.8 Å². The van der Waals surface area contributed by atoms with Gasteiger partial charge in [0.1, 0.15) is 49.0 Å². The topological polar surface area (TPSA) is 263 Å². The molecule has 2 aromatic heterocycles. The van der Waals surface area contributed by atoms with Crippen molar-refractivity contribution in [1.29, 1.82) is 0 Å². The molecule has 38 heavy (non-hydrogen) atoms. The van der Waals surface area contributed by atoms with E-state index in [-0.39, 0.29) is 24.5 Å². The van der Waals surface area contributed by atoms with Crippen LogP contribution in [0.3, 0.4) is 0 Å². The summed E-state index contributed by atoms with van der Waals surface area (Å²) < 4.78 is 52.0. The molecule has 2 aliphatic rings. The number of rotatable bonds is 10. The van der Waals surface area contributed by atoms with Gasteiger partial charge in [-0.1, -0.05) is 0 Å². The summed E-state index contributed by atoms with van der Waals surface area (Å²) in [5.41, 5.74) is 9.49. The van der Waals surface area contributed by atoms with Gasteiger partial charge in [-0.2, -0.15) is 9.97 Å². The standard InChI is InChI=1S/C18H24N6O12P2/c19-13-1-3-23(17(26)21-13)15-5-9(25)11(34-15)8-33-38(30,31)36-10-6-16(35-12(10)7-32-37(28)29)24-4-2-14(20)22-18(24)27/h1-4,9-12,15-16,25H,5-8H2,(H5-,19,20,21,22,26,27,28,29,30,31)/p+1/t9-,10-,11+,12+,15+,16+/m0/s1. The van der Waals surface area contributed by atoms with E-state index in [1.54, 1.807) is 0 Å². The molecule has 7 N–H and O–H groups in total. The average Bonchev–Trinajstić information content (AvgIpc) is 3.38. The minimum atomic E-state index is -4.83. The molecular weight excluding hydrogens is 554 g/mol. The molecule has 0 saturated carbocycles. The number of ether oxygens (including phenoxy) is 2. The smallest absolute Gasteiger partial charge is 0.390 e. The molecule has 2 aliphatic heterocycles. The lowest BCUT2D eigenvalue weighted by molar-refractivity contribution is -0.0556. The second-order valence-electron chi connectivity index (χ2n) is 8.32. The maximum absolute atomic E-state index is 12.7. The summed E-state index contributed by atoms with van der Waals surface area (Å²) in [6, 6.07) is 2.71. The van der Waals surface area contributed by atoms with Crippen LogP contribution < -0.4 is 22.8 Å². The first-order chi connectivity index (χ1) is 17.9. The molecule has 208 valence electrons. The van der Waals surface area contributed by atoms with E-state index in [4.69, 9.17) is 34.9 Å². The minimum absolute atomic E-state index is 0.00766. The number of phosphoric acid groups is 1. The van der Waals surface area contributed by atoms with Crippen LogP contribution in [0.25, 0.3) is 0 Å². The van der Waals surface area contributed by atoms with Crippen LogP contribution in [0.2, 0.25) is 0 Å². The normalized spacial score (nSPS) is 29.3. The molecule has 2 fully saturated rings. The van der Waals surface area contributed by atoms with Crippen LogP contribution >= 0.6 is 16.1 Å². The zero-order valence-electron chi connectivity index (χ0n) is 19.5. The van der Waals surface area contributed by atoms with Crippen molar-refractivity contribution in [2.24, 2.45) is 0 Å². The highest BCUT2D eigenvalue weighted by Crippen LogP contribution is 2.49. The Morgan fingerprint density at radius 2 is 1.58 bits per heavy atom. The third kappa shape index (κ3) is 6.86. The number of aliphatic hydroxyl groups is 1. The summed E-state index contributed by atoms with van der Waals surface area (Å²) in [6.07, 6.45) is -4.13. The van der Waals surface area contributed by atoms with Crippen molar-refractivity contribution >= 4 is 27.7 Å². The maximum Gasteiger partial charge on any atom is 0.694 e. The molecule has 8 atom stereocenters. The van der Waals surface area contributed by atoms with E-state index in [0.29, 0.717) is 0 Å². The van der Waals surface area contributed by atoms with Crippen LogP contribution in [0.15, 0.2) is 34.1 Å². The van der Waals surface area contributed by atoms with Crippen molar-refractivity contribution in [2.75, 3.05) is 24.7 Å². The zero-order chi connectivity index (χ0) is 27.6. The van der Waals surface area contributed by atoms with E-state index in [1.165, 1.54) is 24.5 Å². The van der Waals surface area contributed by atoms with E-state index in [0.717, 1.165) is 9.13 Å². The van der Waals surface area contributed by atoms with Crippen molar-refractivity contribution in [2.45, 2.75) is 49.7 Å². The highest BCUT2D eigenvalue weighted by Gasteiger charge is 2.44. The molecule has 0 amide bonds. The molecule has 20 heteroatoms. The summed E-state index contributed by atoms with van der Waals surface area (Å²) >= 11 is 0. The summed E-state index contributed by atoms with van der Waals surface area (Å²) in [7, 11) is -7.85. The minimum Gasteiger partial charge on any atom is -0.390 e. The average molecular weight is 579 g/mol. The van der Waals surface area contributed by atoms with Gasteiger partial charge in [0.05, 0.1) is 12.7 Å². The van der Waals surface area contributed by atoms with E-state index in [1.807, 2.05) is 0 Å². The van der Waals surface area contributed by atoms with Gasteiger partial charge in [0.25, 0.3) is 0 Å². The number of nitrogen functional groups attached to an aromatic ring is 2. The number of hydrogen-bond acceptors (Lipinski definition) is 14. The second kappa shape index (κ2) is 11.6. The second-order valence-corrected chi connectivity index (χ2v) is 10.5. The monoisotopic (exact) mass is 579 g/mol. The number of phosphoric ester groups is 1. The molecule has 0 bridgehead atoms. The van der Waals surface area contributed by atoms with E-state index >= 15 is 0 Å². The Labute approximate surface area is 214 Å². The summed E-state index contributed by atoms with van der Waals surface area (Å²) in [5.74, 6) is -0.0215. The Kier molecular flexibility index (Phi) is 8.68. The van der Waals surface area contributed by atoms with Crippen LogP contribution in [0, 0.1) is 0 Å². The molecular formula is C18H25N6O12P2+. The fourth-order valence-corrected chi connectivity index (χ4v) is 5.20. The van der Waals surface area contributed by atoms with Gasteiger partial charge in [0.15, 0.2) is 0 Å². The maximum atomic E-state index is 12.7. The molecule has 4 heterocycles. The van der Waals surface area contributed by atoms with Crippen molar-refractivity contribution in [3.63, 3.8) is 0 Å². The van der Waals surface area contributed by atoms with Crippen LogP contribution in [0.1, 0.15) is 25.3 Å². The third-order valence-corrected chi connectivity index (χ3v) is 7.11. The molecule has 0 spiro atoms. The van der Waals surface area contributed by atoms with Gasteiger partial charge in [-0.15, -0.1) is 9.42 Å². The Morgan fingerprint density at radius 3 is 2.13 bits per heavy atom. The largest absolute Gasteiger partial charge is 0.694 e. The van der Waals surface area contributed by atoms with Gasteiger partial charge in [-0.3, -0.25) is 18.2 Å². The lowest BCUT2D eigenvalue weighted by atomic mass is 10.2. The lowest BCUT2D eigenvalue weighted by Gasteiger charge is -2.21. The Bertz CT molecular complexity index is 1340. The number of aromatic nitrogens is 4. The van der Waals surface area contributed by atoms with E-state index < -0.39 is 77.5 Å². The fourth-order valence-electron chi connectivity index (χ4n) is 3.96. The first-order valence-electron chi connectivity index (χ1n) is 11.0. The van der Waals surface area contributed by atoms with E-state index in [2.05, 4.69) is 14.5 Å². The SMILES string of the molecule is Nc1ccn([C@H]2C[C@H](OP(=O)(O)OC[C@H]3O[C@@H](n4ccc(N)nc4=O)C[C@@H]3O)[C@@H](CO[P+](=O)O)O2)c(=O)n1. The molecule has 0 aliphatic carbocycles. The van der Waals surface area contributed by atoms with Crippen LogP contribution in [-0.4, -0.2) is 71.6 Å². The summed E-state index contributed by atoms with van der Waals surface area (Å²) in [5, 5.41) is 10.3. The first kappa shape index (κ1) is 28.4. The Hall–Kier alpha value is -2.63. The number of nitrogens with two attached hydrogens (primary N) is 2. The van der Waals surface area contributed by atoms with Gasteiger partial charge in [-0.05, 0) is 12.1 Å². The van der Waals surface area contributed by atoms with Crippen molar-refractivity contribution in [1.82, 2.24) is 19.1 Å². The predicted molar refractivity (Wildman–Crippen MR) is 125 cm³/mol. The first-order valence-corrected chi connectivity index (χ1v) is 13.7. The number of anilines is 2. The van der Waals surface area contributed by atoms with Crippen molar-refractivity contribution in [3.05, 3.63) is 45.5 Å². The molecule has 18 nitrogen and oxygen atoms in total. The molecule has 0 radical (unpaired) electrons. The number of hydrogen-bond donors (Lipinski definition) is 5. The fraction of sp³-hybridized carbons (Fsp3) is 0.556. The Balaban J connectivity index is 1.40. The number of aliphatic hydroxyl groups excluding tert-OH is 1. The van der Waals surface area contributed by atoms with Crippen molar-refractivity contribution in [3.8, 4) is 0 Å². The van der Waals surface area contributed by atoms with Gasteiger partial charge in [0.2, 0.25) is 0 Å². The van der Waals surface area contributed by atoms with E-state index in [9.17, 15) is 28.7 Å². The lowest BCUT2D eigenvalue weighted by Crippen LogP contribution is -2.30. The van der Waals surface area contributed by atoms with Crippen LogP contribution in [-0.2, 0) is 32.2 Å². The predicted octanol–water partition coefficient (Wildman–Crippen LogP) is -1.23. The molecule has 2 aromatic rings. The Morgan fingerprint density at radius 1 is 1.03 bits per heavy atom. The van der Waals surface area contributed by atoms with Crippen LogP contribution in [0.5, 0.6) is 0 Å². The molecule has 0 aromatic carbocycles. The molecule has 4 rings (SSSR count). The highest BCUT2D eigenvalue weighted by atomic mass is 31.2. The summed E-state index contributed by atoms with van der Waals surface area (Å²) in [6.45, 7) is -1.11. The summed E-state index contributed by atoms with van der Waals surface area (Å²) in [4.78, 5) is 50.7. The quantitative estimate of drug-likeness (QED) is 0.206. The van der Waals surface area contributed by atoms with Gasteiger partial charge < -0.3 is 30.9 Å². The van der Waals surface area contributed by atoms with Crippen LogP contribution in [0.4, 0.5) is 11.6 Å². The van der Waals surface area contributed by atoms with Gasteiger partial charge in [-0.25, -0.2) is 14.2 Å². The molecule has 2 saturated heterocycles. The number of nitrogens with zero attached hydrogens (tertiary/aromatic N) is 4. The third-order valence-electron chi connectivity index (χ3n) is 5.73. The van der Waals surface area contributed by atoms with Gasteiger partial charge >= 0.3 is 27.5 Å².